The Hall–Kier alpha value is -2.06. The summed E-state index contributed by atoms with van der Waals surface area (Å²) in [5.41, 5.74) is 0.672. The lowest BCUT2D eigenvalue weighted by Crippen LogP contribution is -1.82. The third kappa shape index (κ3) is 5.62. The van der Waals surface area contributed by atoms with E-state index in [0.29, 0.717) is 5.69 Å². The number of nitrogens with zero attached hydrogens (tertiary/aromatic N) is 2. The van der Waals surface area contributed by atoms with Crippen LogP contribution in [0.4, 0.5) is 0 Å². The summed E-state index contributed by atoms with van der Waals surface area (Å²) in [7, 11) is 0. The van der Waals surface area contributed by atoms with E-state index in [1.54, 1.807) is 18.3 Å². The third-order valence-corrected chi connectivity index (χ3v) is 1.78. The Morgan fingerprint density at radius 2 is 2.19 bits per heavy atom. The van der Waals surface area contributed by atoms with E-state index in [2.05, 4.69) is 40.8 Å². The van der Waals surface area contributed by atoms with Gasteiger partial charge in [0.2, 0.25) is 0 Å². The molecular weight excluding hydrogens is 196 g/mol. The van der Waals surface area contributed by atoms with Gasteiger partial charge in [0.25, 0.3) is 0 Å². The lowest BCUT2D eigenvalue weighted by Gasteiger charge is -1.82. The van der Waals surface area contributed by atoms with Gasteiger partial charge in [-0.1, -0.05) is 31.1 Å². The smallest absolute Gasteiger partial charge is 0.136 e. The van der Waals surface area contributed by atoms with Gasteiger partial charge in [0.05, 0.1) is 0 Å². The van der Waals surface area contributed by atoms with E-state index < -0.39 is 0 Å². The predicted octanol–water partition coefficient (Wildman–Crippen LogP) is 2.58. The molecule has 1 heterocycles. The molecule has 0 bridgehead atoms. The van der Waals surface area contributed by atoms with Crippen LogP contribution in [-0.2, 0) is 0 Å². The van der Waals surface area contributed by atoms with E-state index in [1.165, 1.54) is 6.42 Å². The van der Waals surface area contributed by atoms with Crippen molar-refractivity contribution in [2.75, 3.05) is 0 Å². The number of hydrogen-bond acceptors (Lipinski definition) is 2. The van der Waals surface area contributed by atoms with Crippen molar-refractivity contribution in [3.63, 3.8) is 0 Å². The molecule has 0 unspecified atom stereocenters. The standard InChI is InChI=1S/C14H14N2/c1-2-3-4-5-6-7-8-9-11-14-12-10-13-15-16-14/h7-8,10,12-13H,2-4H2,1H3. The highest BCUT2D eigenvalue weighted by Crippen LogP contribution is 1.90. The molecule has 0 aliphatic carbocycles. The van der Waals surface area contributed by atoms with Crippen LogP contribution >= 0.6 is 0 Å². The molecule has 0 aliphatic rings. The van der Waals surface area contributed by atoms with Crippen molar-refractivity contribution in [3.8, 4) is 23.7 Å². The van der Waals surface area contributed by atoms with Crippen LogP contribution in [0.2, 0.25) is 0 Å². The maximum absolute atomic E-state index is 3.84. The van der Waals surface area contributed by atoms with E-state index >= 15 is 0 Å². The highest BCUT2D eigenvalue weighted by Gasteiger charge is 1.81. The summed E-state index contributed by atoms with van der Waals surface area (Å²) in [4.78, 5) is 0. The van der Waals surface area contributed by atoms with Crippen molar-refractivity contribution in [2.45, 2.75) is 26.2 Å². The van der Waals surface area contributed by atoms with Gasteiger partial charge in [0.15, 0.2) is 0 Å². The van der Waals surface area contributed by atoms with Gasteiger partial charge in [-0.3, -0.25) is 0 Å². The summed E-state index contributed by atoms with van der Waals surface area (Å²) in [5.74, 6) is 11.7. The first-order valence-corrected chi connectivity index (χ1v) is 5.36. The molecule has 0 aromatic carbocycles. The first-order chi connectivity index (χ1) is 7.93. The van der Waals surface area contributed by atoms with Crippen molar-refractivity contribution < 1.29 is 0 Å². The zero-order chi connectivity index (χ0) is 11.5. The summed E-state index contributed by atoms with van der Waals surface area (Å²) in [5, 5.41) is 7.57. The highest BCUT2D eigenvalue weighted by atomic mass is 15.1. The number of hydrogen-bond donors (Lipinski definition) is 0. The number of aromatic nitrogens is 2. The largest absolute Gasteiger partial charge is 0.158 e. The second-order valence-corrected chi connectivity index (χ2v) is 3.14. The van der Waals surface area contributed by atoms with Crippen LogP contribution in [0.5, 0.6) is 0 Å². The molecule has 0 aliphatic heterocycles. The topological polar surface area (TPSA) is 25.8 Å². The minimum atomic E-state index is 0.672. The molecule has 0 radical (unpaired) electrons. The fourth-order valence-corrected chi connectivity index (χ4v) is 0.963. The second kappa shape index (κ2) is 8.26. The van der Waals surface area contributed by atoms with Gasteiger partial charge >= 0.3 is 0 Å². The first kappa shape index (κ1) is 12.0. The van der Waals surface area contributed by atoms with Crippen molar-refractivity contribution in [1.82, 2.24) is 10.2 Å². The van der Waals surface area contributed by atoms with E-state index in [9.17, 15) is 0 Å². The lowest BCUT2D eigenvalue weighted by atomic mass is 10.2. The van der Waals surface area contributed by atoms with Crippen LogP contribution in [0.15, 0.2) is 30.5 Å². The van der Waals surface area contributed by atoms with Gasteiger partial charge in [-0.05, 0) is 36.6 Å². The summed E-state index contributed by atoms with van der Waals surface area (Å²) in [6, 6.07) is 3.63. The average molecular weight is 210 g/mol. The van der Waals surface area contributed by atoms with Crippen molar-refractivity contribution >= 4 is 0 Å². The number of allylic oxidation sites excluding steroid dienone is 2. The van der Waals surface area contributed by atoms with E-state index in [0.717, 1.165) is 12.8 Å². The zero-order valence-corrected chi connectivity index (χ0v) is 9.40. The highest BCUT2D eigenvalue weighted by molar-refractivity contribution is 5.32. The molecule has 0 saturated carbocycles. The average Bonchev–Trinajstić information content (AvgIpc) is 2.34. The molecule has 0 N–H and O–H groups in total. The maximum Gasteiger partial charge on any atom is 0.136 e. The molecule has 16 heavy (non-hydrogen) atoms. The zero-order valence-electron chi connectivity index (χ0n) is 9.40. The Kier molecular flexibility index (Phi) is 6.20. The van der Waals surface area contributed by atoms with Crippen LogP contribution in [0.1, 0.15) is 31.9 Å². The van der Waals surface area contributed by atoms with Gasteiger partial charge in [-0.25, -0.2) is 0 Å². The number of unbranched alkanes of at least 4 members (excludes halogenated alkanes) is 2. The van der Waals surface area contributed by atoms with Crippen LogP contribution in [-0.4, -0.2) is 10.2 Å². The molecule has 0 amide bonds. The molecule has 0 spiro atoms. The minimum absolute atomic E-state index is 0.672. The monoisotopic (exact) mass is 210 g/mol. The third-order valence-electron chi connectivity index (χ3n) is 1.78. The molecule has 80 valence electrons. The lowest BCUT2D eigenvalue weighted by molar-refractivity contribution is 0.828. The molecule has 2 nitrogen and oxygen atoms in total. The minimum Gasteiger partial charge on any atom is -0.158 e. The summed E-state index contributed by atoms with van der Waals surface area (Å²) < 4.78 is 0. The molecule has 1 rings (SSSR count). The molecular formula is C14H14N2. The van der Waals surface area contributed by atoms with Crippen molar-refractivity contribution in [3.05, 3.63) is 36.2 Å². The summed E-state index contributed by atoms with van der Waals surface area (Å²) in [6.45, 7) is 2.16. The Morgan fingerprint density at radius 3 is 2.94 bits per heavy atom. The normalized spacial score (nSPS) is 9.06. The quantitative estimate of drug-likeness (QED) is 0.554. The summed E-state index contributed by atoms with van der Waals surface area (Å²) >= 11 is 0. The van der Waals surface area contributed by atoms with Crippen LogP contribution < -0.4 is 0 Å². The fraction of sp³-hybridized carbons (Fsp3) is 0.286. The van der Waals surface area contributed by atoms with Gasteiger partial charge in [0, 0.05) is 12.6 Å². The molecule has 0 fully saturated rings. The molecule has 0 atom stereocenters. The SMILES string of the molecule is CCCCC#CC=CC#Cc1cccnn1. The molecule has 1 aromatic heterocycles. The Balaban J connectivity index is 2.36. The first-order valence-electron chi connectivity index (χ1n) is 5.36. The fourth-order valence-electron chi connectivity index (χ4n) is 0.963. The number of rotatable bonds is 2. The van der Waals surface area contributed by atoms with Crippen LogP contribution in [0, 0.1) is 23.7 Å². The van der Waals surface area contributed by atoms with Crippen molar-refractivity contribution in [1.29, 1.82) is 0 Å². The van der Waals surface area contributed by atoms with E-state index in [-0.39, 0.29) is 0 Å². The van der Waals surface area contributed by atoms with Crippen LogP contribution in [0.25, 0.3) is 0 Å². The van der Waals surface area contributed by atoms with Gasteiger partial charge in [-0.2, -0.15) is 5.10 Å². The van der Waals surface area contributed by atoms with Gasteiger partial charge < -0.3 is 0 Å². The molecule has 1 aromatic rings. The van der Waals surface area contributed by atoms with E-state index in [1.807, 2.05) is 12.1 Å². The Labute approximate surface area is 96.8 Å². The van der Waals surface area contributed by atoms with Crippen molar-refractivity contribution in [2.24, 2.45) is 0 Å². The maximum atomic E-state index is 3.84. The van der Waals surface area contributed by atoms with Gasteiger partial charge in [0.1, 0.15) is 5.69 Å². The second-order valence-electron chi connectivity index (χ2n) is 3.14. The summed E-state index contributed by atoms with van der Waals surface area (Å²) in [6.07, 6.45) is 8.42. The molecule has 2 heteroatoms. The van der Waals surface area contributed by atoms with Crippen LogP contribution in [0.3, 0.4) is 0 Å². The predicted molar refractivity (Wildman–Crippen MR) is 65.4 cm³/mol. The molecule has 0 saturated heterocycles. The Bertz CT molecular complexity index is 438. The van der Waals surface area contributed by atoms with Gasteiger partial charge in [-0.15, -0.1) is 5.10 Å². The van der Waals surface area contributed by atoms with E-state index in [4.69, 9.17) is 0 Å². The Morgan fingerprint density at radius 1 is 1.31 bits per heavy atom.